The van der Waals surface area contributed by atoms with E-state index in [9.17, 15) is 4.79 Å². The summed E-state index contributed by atoms with van der Waals surface area (Å²) in [6.45, 7) is 2.93. The lowest BCUT2D eigenvalue weighted by molar-refractivity contribution is 0.0953. The monoisotopic (exact) mass is 234 g/mol. The summed E-state index contributed by atoms with van der Waals surface area (Å²) in [7, 11) is 1.61. The van der Waals surface area contributed by atoms with Gasteiger partial charge in [-0.2, -0.15) is 0 Å². The van der Waals surface area contributed by atoms with E-state index in [1.807, 2.05) is 0 Å². The maximum atomic E-state index is 11.7. The number of nitrogens with one attached hydrogen (secondary N) is 1. The van der Waals surface area contributed by atoms with Crippen molar-refractivity contribution in [1.82, 2.24) is 5.32 Å². The zero-order valence-electron chi connectivity index (χ0n) is 10.7. The Hall–Kier alpha value is -1.51. The molecule has 0 aliphatic rings. The number of hydrogen-bond acceptors (Lipinski definition) is 2. The minimum Gasteiger partial charge on any atom is -0.497 e. The van der Waals surface area contributed by atoms with Crippen molar-refractivity contribution in [3.8, 4) is 5.75 Å². The van der Waals surface area contributed by atoms with Crippen LogP contribution in [0.25, 0.3) is 0 Å². The lowest BCUT2D eigenvalue weighted by Gasteiger charge is -2.05. The van der Waals surface area contributed by atoms with E-state index in [1.165, 1.54) is 19.3 Å². The fourth-order valence-electron chi connectivity index (χ4n) is 1.60. The summed E-state index contributed by atoms with van der Waals surface area (Å²) in [4.78, 5) is 11.7. The topological polar surface area (TPSA) is 38.3 Å². The van der Waals surface area contributed by atoms with Gasteiger partial charge in [0.1, 0.15) is 5.75 Å². The Morgan fingerprint density at radius 2 is 1.88 bits per heavy atom. The summed E-state index contributed by atoms with van der Waals surface area (Å²) >= 11 is 0. The Morgan fingerprint density at radius 1 is 1.18 bits per heavy atom. The molecule has 0 aliphatic heterocycles. The Balaban J connectivity index is 2.31. The van der Waals surface area contributed by atoms with Crippen molar-refractivity contribution >= 4 is 5.91 Å². The number of benzene rings is 1. The van der Waals surface area contributed by atoms with Crippen LogP contribution in [0.2, 0.25) is 0 Å². The molecule has 0 spiro atoms. The average molecular weight is 234 g/mol. The van der Waals surface area contributed by atoms with Gasteiger partial charge in [-0.3, -0.25) is 4.79 Å². The van der Waals surface area contributed by atoms with E-state index in [4.69, 9.17) is 4.74 Å². The van der Waals surface area contributed by atoms with Gasteiger partial charge in [-0.25, -0.2) is 0 Å². The lowest BCUT2D eigenvalue weighted by atomic mass is 9.88. The molecule has 0 fully saturated rings. The molecule has 1 amide bonds. The summed E-state index contributed by atoms with van der Waals surface area (Å²) in [6.07, 6.45) is 4.68. The molecule has 0 heterocycles. The van der Waals surface area contributed by atoms with Crippen molar-refractivity contribution in [3.05, 3.63) is 29.8 Å². The number of methoxy groups -OCH3 is 1. The van der Waals surface area contributed by atoms with Gasteiger partial charge in [-0.1, -0.05) is 26.2 Å². The third-order valence-corrected chi connectivity index (χ3v) is 2.67. The highest BCUT2D eigenvalue weighted by Crippen LogP contribution is 2.11. The lowest BCUT2D eigenvalue weighted by Crippen LogP contribution is -2.24. The van der Waals surface area contributed by atoms with Gasteiger partial charge >= 0.3 is 0 Å². The van der Waals surface area contributed by atoms with Crippen molar-refractivity contribution in [1.29, 1.82) is 0 Å². The second-order valence-corrected chi connectivity index (χ2v) is 4.05. The molecular weight excluding hydrogens is 213 g/mol. The number of hydrogen-bond donors (Lipinski definition) is 1. The number of carbonyl (C=O) groups excluding carboxylic acids is 1. The molecule has 0 bridgehead atoms. The Labute approximate surface area is 103 Å². The van der Waals surface area contributed by atoms with Crippen LogP contribution in [0, 0.1) is 0 Å². The highest BCUT2D eigenvalue weighted by atomic mass is 16.5. The van der Waals surface area contributed by atoms with Crippen LogP contribution < -0.4 is 10.1 Å². The molecular formula is C14H21NO2. The normalized spacial score (nSPS) is 10.0. The predicted octanol–water partition coefficient (Wildman–Crippen LogP) is 3.01. The summed E-state index contributed by atoms with van der Waals surface area (Å²) in [5.41, 5.74) is 0.682. The highest BCUT2D eigenvalue weighted by molar-refractivity contribution is 5.94. The van der Waals surface area contributed by atoms with Gasteiger partial charge in [0.25, 0.3) is 5.91 Å². The number of carbonyl (C=O) groups is 1. The first-order valence-electron chi connectivity index (χ1n) is 6.20. The molecule has 1 aromatic rings. The molecule has 1 aromatic carbocycles. The molecule has 0 aromatic heterocycles. The molecule has 0 radical (unpaired) electrons. The Morgan fingerprint density at radius 3 is 2.47 bits per heavy atom. The van der Waals surface area contributed by atoms with Crippen molar-refractivity contribution < 1.29 is 9.53 Å². The van der Waals surface area contributed by atoms with E-state index >= 15 is 0 Å². The molecule has 3 heteroatoms. The molecule has 1 rings (SSSR count). The summed E-state index contributed by atoms with van der Waals surface area (Å²) < 4.78 is 5.04. The van der Waals surface area contributed by atoms with E-state index in [0.29, 0.717) is 5.56 Å². The molecule has 94 valence electrons. The quantitative estimate of drug-likeness (QED) is 0.736. The van der Waals surface area contributed by atoms with E-state index in [1.54, 1.807) is 31.4 Å². The van der Waals surface area contributed by atoms with Crippen LogP contribution in [0.3, 0.4) is 0 Å². The molecule has 0 unspecified atom stereocenters. The number of rotatable bonds is 7. The van der Waals surface area contributed by atoms with Crippen LogP contribution in [0.5, 0.6) is 5.75 Å². The van der Waals surface area contributed by atoms with Gasteiger partial charge in [-0.15, -0.1) is 0 Å². The molecule has 3 nitrogen and oxygen atoms in total. The van der Waals surface area contributed by atoms with Crippen molar-refractivity contribution in [2.24, 2.45) is 0 Å². The van der Waals surface area contributed by atoms with Gasteiger partial charge in [0.2, 0.25) is 0 Å². The van der Waals surface area contributed by atoms with Crippen LogP contribution in [-0.4, -0.2) is 19.6 Å². The van der Waals surface area contributed by atoms with Gasteiger partial charge in [0, 0.05) is 12.1 Å². The first-order valence-corrected chi connectivity index (χ1v) is 6.20. The smallest absolute Gasteiger partial charge is 0.251 e. The number of amides is 1. The minimum absolute atomic E-state index is 0.0100. The van der Waals surface area contributed by atoms with Gasteiger partial charge in [0.15, 0.2) is 0 Å². The third-order valence-electron chi connectivity index (χ3n) is 2.67. The number of ether oxygens (including phenoxy) is 1. The largest absolute Gasteiger partial charge is 0.497 e. The van der Waals surface area contributed by atoms with Crippen molar-refractivity contribution in [2.45, 2.75) is 32.6 Å². The van der Waals surface area contributed by atoms with Gasteiger partial charge in [-0.05, 0) is 30.7 Å². The minimum atomic E-state index is -0.0100. The first kappa shape index (κ1) is 13.6. The Kier molecular flexibility index (Phi) is 6.15. The van der Waals surface area contributed by atoms with Crippen molar-refractivity contribution in [2.75, 3.05) is 13.7 Å². The van der Waals surface area contributed by atoms with E-state index < -0.39 is 0 Å². The van der Waals surface area contributed by atoms with Gasteiger partial charge in [0.05, 0.1) is 7.11 Å². The Bertz CT molecular complexity index is 333. The van der Waals surface area contributed by atoms with Crippen LogP contribution in [-0.2, 0) is 0 Å². The fraction of sp³-hybridized carbons (Fsp3) is 0.500. The maximum absolute atomic E-state index is 11.7. The van der Waals surface area contributed by atoms with Crippen LogP contribution in [0.4, 0.5) is 0 Å². The standard InChI is InChI=1S/C14H21NO2/c1-3-4-5-6-11-15-14(16)12-7-9-13(17-2)10-8-12/h7-10H,3-6,11H2,1-2H3,(H,15,16)/i14-1. The van der Waals surface area contributed by atoms with Crippen LogP contribution in [0.15, 0.2) is 24.3 Å². The van der Waals surface area contributed by atoms with E-state index in [-0.39, 0.29) is 5.91 Å². The van der Waals surface area contributed by atoms with E-state index in [2.05, 4.69) is 12.2 Å². The molecule has 0 aliphatic carbocycles. The van der Waals surface area contributed by atoms with Crippen LogP contribution >= 0.6 is 0 Å². The zero-order chi connectivity index (χ0) is 12.5. The SMILES string of the molecule is CCCCCCN[11C](=O)c1ccc(OC)cc1. The molecule has 0 saturated heterocycles. The molecule has 17 heavy (non-hydrogen) atoms. The second kappa shape index (κ2) is 7.71. The highest BCUT2D eigenvalue weighted by Gasteiger charge is 2.04. The summed E-state index contributed by atoms with van der Waals surface area (Å²) in [5.74, 6) is 0.758. The zero-order valence-corrected chi connectivity index (χ0v) is 10.7. The maximum Gasteiger partial charge on any atom is 0.251 e. The fourth-order valence-corrected chi connectivity index (χ4v) is 1.60. The van der Waals surface area contributed by atoms with Crippen LogP contribution in [0.1, 0.15) is 43.0 Å². The third kappa shape index (κ3) is 4.89. The molecule has 0 atom stereocenters. The summed E-state index contributed by atoms with van der Waals surface area (Å²) in [5, 5.41) is 2.92. The predicted molar refractivity (Wildman–Crippen MR) is 69.5 cm³/mol. The molecule has 0 saturated carbocycles. The van der Waals surface area contributed by atoms with Gasteiger partial charge < -0.3 is 10.1 Å². The van der Waals surface area contributed by atoms with Crippen molar-refractivity contribution in [3.63, 3.8) is 0 Å². The first-order chi connectivity index (χ1) is 8.27. The molecule has 1 N–H and O–H groups in total. The number of unbranched alkanes of at least 4 members (excludes halogenated alkanes) is 3. The summed E-state index contributed by atoms with van der Waals surface area (Å²) in [6, 6.07) is 7.15. The second-order valence-electron chi connectivity index (χ2n) is 4.05. The van der Waals surface area contributed by atoms with E-state index in [0.717, 1.165) is 18.7 Å². The average Bonchev–Trinajstić information content (AvgIpc) is 2.38.